The summed E-state index contributed by atoms with van der Waals surface area (Å²) in [4.78, 5) is 51.0. The summed E-state index contributed by atoms with van der Waals surface area (Å²) in [5.74, 6) is -1.08. The van der Waals surface area contributed by atoms with Crippen LogP contribution in [0, 0.1) is 11.3 Å². The minimum absolute atomic E-state index is 0.186. The molecule has 2 aliphatic rings. The number of nitrogens with one attached hydrogen (secondary N) is 3. The molecule has 0 bridgehead atoms. The molecule has 0 saturated carbocycles. The molecule has 3 N–H and O–H groups in total. The largest absolute Gasteiger partial charge is 0.329 e. The zero-order chi connectivity index (χ0) is 27.7. The SMILES string of the molecule is CC(C)(NC(=O)Nc1ccc2c(c1)CN(C1CCC(=O)NC1=O)C2=O)c1ccc(-c2cnnc(C#N)c2)cc1. The van der Waals surface area contributed by atoms with Crippen molar-refractivity contribution in [1.82, 2.24) is 25.7 Å². The van der Waals surface area contributed by atoms with Crippen molar-refractivity contribution >= 4 is 29.4 Å². The summed E-state index contributed by atoms with van der Waals surface area (Å²) in [5.41, 5.74) is 3.69. The first-order chi connectivity index (χ1) is 18.6. The molecule has 1 unspecified atom stereocenters. The van der Waals surface area contributed by atoms with Crippen LogP contribution < -0.4 is 16.0 Å². The lowest BCUT2D eigenvalue weighted by atomic mass is 9.92. The van der Waals surface area contributed by atoms with Gasteiger partial charge in [-0.15, -0.1) is 5.10 Å². The van der Waals surface area contributed by atoms with Gasteiger partial charge in [-0.3, -0.25) is 19.7 Å². The second kappa shape index (κ2) is 9.98. The van der Waals surface area contributed by atoms with E-state index in [1.165, 1.54) is 4.90 Å². The fourth-order valence-electron chi connectivity index (χ4n) is 4.83. The molecule has 196 valence electrons. The molecule has 1 fully saturated rings. The Hall–Kier alpha value is -5.11. The molecule has 2 aliphatic heterocycles. The van der Waals surface area contributed by atoms with Gasteiger partial charge in [-0.05, 0) is 61.2 Å². The number of aromatic nitrogens is 2. The molecule has 3 heterocycles. The first-order valence-corrected chi connectivity index (χ1v) is 12.3. The number of anilines is 1. The van der Waals surface area contributed by atoms with Gasteiger partial charge < -0.3 is 15.5 Å². The molecule has 2 aromatic carbocycles. The molecule has 5 rings (SSSR count). The van der Waals surface area contributed by atoms with E-state index < -0.39 is 23.5 Å². The average Bonchev–Trinajstić information content (AvgIpc) is 3.23. The second-order valence-corrected chi connectivity index (χ2v) is 9.99. The number of rotatable bonds is 5. The fraction of sp³-hybridized carbons (Fsp3) is 0.250. The van der Waals surface area contributed by atoms with Crippen LogP contribution in [0.25, 0.3) is 11.1 Å². The van der Waals surface area contributed by atoms with Crippen LogP contribution in [0.15, 0.2) is 54.7 Å². The number of imide groups is 1. The average molecular weight is 524 g/mol. The monoisotopic (exact) mass is 523 g/mol. The molecule has 0 spiro atoms. The fourth-order valence-corrected chi connectivity index (χ4v) is 4.83. The van der Waals surface area contributed by atoms with Crippen molar-refractivity contribution in [2.24, 2.45) is 0 Å². The number of amides is 5. The number of benzene rings is 2. The Balaban J connectivity index is 1.24. The molecule has 0 aliphatic carbocycles. The van der Waals surface area contributed by atoms with Crippen LogP contribution >= 0.6 is 0 Å². The van der Waals surface area contributed by atoms with E-state index in [1.807, 2.05) is 44.2 Å². The van der Waals surface area contributed by atoms with Gasteiger partial charge in [0.05, 0.1) is 11.7 Å². The Morgan fingerprint density at radius 3 is 2.59 bits per heavy atom. The zero-order valence-electron chi connectivity index (χ0n) is 21.3. The van der Waals surface area contributed by atoms with E-state index in [-0.39, 0.29) is 36.9 Å². The summed E-state index contributed by atoms with van der Waals surface area (Å²) in [7, 11) is 0. The van der Waals surface area contributed by atoms with Crippen molar-refractivity contribution < 1.29 is 19.2 Å². The Morgan fingerprint density at radius 2 is 1.87 bits per heavy atom. The molecule has 1 aromatic heterocycles. The third-order valence-electron chi connectivity index (χ3n) is 6.92. The highest BCUT2D eigenvalue weighted by Crippen LogP contribution is 2.30. The van der Waals surface area contributed by atoms with Gasteiger partial charge in [0.2, 0.25) is 11.8 Å². The van der Waals surface area contributed by atoms with Gasteiger partial charge in [-0.1, -0.05) is 24.3 Å². The molecule has 3 aromatic rings. The third kappa shape index (κ3) is 5.17. The Kier molecular flexibility index (Phi) is 6.54. The van der Waals surface area contributed by atoms with Gasteiger partial charge >= 0.3 is 6.03 Å². The van der Waals surface area contributed by atoms with E-state index in [0.717, 1.165) is 16.7 Å². The number of hydrogen-bond acceptors (Lipinski definition) is 7. The summed E-state index contributed by atoms with van der Waals surface area (Å²) in [5, 5.41) is 24.7. The lowest BCUT2D eigenvalue weighted by Gasteiger charge is -2.29. The summed E-state index contributed by atoms with van der Waals surface area (Å²) >= 11 is 0. The number of nitrogens with zero attached hydrogens (tertiary/aromatic N) is 4. The molecule has 39 heavy (non-hydrogen) atoms. The summed E-state index contributed by atoms with van der Waals surface area (Å²) < 4.78 is 0. The summed E-state index contributed by atoms with van der Waals surface area (Å²) in [6, 6.07) is 15.1. The highest BCUT2D eigenvalue weighted by Gasteiger charge is 2.39. The first kappa shape index (κ1) is 25.5. The van der Waals surface area contributed by atoms with E-state index in [1.54, 1.807) is 30.5 Å². The van der Waals surface area contributed by atoms with Gasteiger partial charge in [-0.2, -0.15) is 10.4 Å². The van der Waals surface area contributed by atoms with Gasteiger partial charge in [-0.25, -0.2) is 4.79 Å². The minimum atomic E-state index is -0.716. The first-order valence-electron chi connectivity index (χ1n) is 12.3. The molecular weight excluding hydrogens is 498 g/mol. The van der Waals surface area contributed by atoms with Crippen LogP contribution in [0.1, 0.15) is 53.9 Å². The Labute approximate surface area is 224 Å². The van der Waals surface area contributed by atoms with Crippen LogP contribution in [-0.4, -0.2) is 44.9 Å². The number of carbonyl (C=O) groups excluding carboxylic acids is 4. The maximum atomic E-state index is 12.9. The van der Waals surface area contributed by atoms with Crippen LogP contribution in [0.4, 0.5) is 10.5 Å². The molecule has 0 radical (unpaired) electrons. The van der Waals surface area contributed by atoms with Crippen LogP contribution in [0.2, 0.25) is 0 Å². The standard InChI is InChI=1S/C28H25N7O4/c1-28(2,19-5-3-16(4-6-19)17-11-21(13-29)34-30-14-17)33-27(39)31-20-7-8-22-18(12-20)15-35(26(22)38)23-9-10-24(36)32-25(23)37/h3-8,11-12,14,23H,9-10,15H2,1-2H3,(H2,31,33,39)(H,32,36,37). The molecule has 11 nitrogen and oxygen atoms in total. The van der Waals surface area contributed by atoms with Crippen LogP contribution in [-0.2, 0) is 21.7 Å². The number of fused-ring (bicyclic) bond motifs is 1. The van der Waals surface area contributed by atoms with E-state index in [0.29, 0.717) is 16.8 Å². The number of nitriles is 1. The molecule has 11 heteroatoms. The van der Waals surface area contributed by atoms with Gasteiger partial charge in [0.1, 0.15) is 12.1 Å². The summed E-state index contributed by atoms with van der Waals surface area (Å²) in [6.07, 6.45) is 2.06. The molecule has 1 saturated heterocycles. The van der Waals surface area contributed by atoms with E-state index >= 15 is 0 Å². The van der Waals surface area contributed by atoms with Crippen molar-refractivity contribution in [3.05, 3.63) is 77.1 Å². The van der Waals surface area contributed by atoms with Gasteiger partial charge in [0.15, 0.2) is 5.69 Å². The number of hydrogen-bond donors (Lipinski definition) is 3. The predicted molar refractivity (Wildman–Crippen MR) is 140 cm³/mol. The van der Waals surface area contributed by atoms with E-state index in [9.17, 15) is 19.2 Å². The molecule has 1 atom stereocenters. The van der Waals surface area contributed by atoms with Gasteiger partial charge in [0.25, 0.3) is 5.91 Å². The highest BCUT2D eigenvalue weighted by atomic mass is 16.2. The van der Waals surface area contributed by atoms with Crippen LogP contribution in [0.3, 0.4) is 0 Å². The van der Waals surface area contributed by atoms with Crippen molar-refractivity contribution in [2.75, 3.05) is 5.32 Å². The smallest absolute Gasteiger partial charge is 0.319 e. The van der Waals surface area contributed by atoms with Gasteiger partial charge in [0, 0.05) is 29.8 Å². The van der Waals surface area contributed by atoms with Crippen molar-refractivity contribution in [2.45, 2.75) is 44.8 Å². The topological polar surface area (TPSA) is 157 Å². The maximum Gasteiger partial charge on any atom is 0.319 e. The van der Waals surface area contributed by atoms with Crippen molar-refractivity contribution in [3.8, 4) is 17.2 Å². The second-order valence-electron chi connectivity index (χ2n) is 9.99. The number of urea groups is 1. The lowest BCUT2D eigenvalue weighted by Crippen LogP contribution is -2.52. The quantitative estimate of drug-likeness (QED) is 0.434. The van der Waals surface area contributed by atoms with E-state index in [2.05, 4.69) is 26.1 Å². The lowest BCUT2D eigenvalue weighted by molar-refractivity contribution is -0.136. The van der Waals surface area contributed by atoms with Crippen LogP contribution in [0.5, 0.6) is 0 Å². The Bertz CT molecular complexity index is 1540. The number of piperidine rings is 1. The minimum Gasteiger partial charge on any atom is -0.329 e. The highest BCUT2D eigenvalue weighted by molar-refractivity contribution is 6.05. The molecule has 5 amide bonds. The zero-order valence-corrected chi connectivity index (χ0v) is 21.3. The van der Waals surface area contributed by atoms with Crippen molar-refractivity contribution in [1.29, 1.82) is 5.26 Å². The van der Waals surface area contributed by atoms with Crippen molar-refractivity contribution in [3.63, 3.8) is 0 Å². The predicted octanol–water partition coefficient (Wildman–Crippen LogP) is 2.83. The maximum absolute atomic E-state index is 12.9. The third-order valence-corrected chi connectivity index (χ3v) is 6.92. The number of carbonyl (C=O) groups is 4. The Morgan fingerprint density at radius 1 is 1.10 bits per heavy atom. The normalized spacial score (nSPS) is 16.8. The molecular formula is C28H25N7O4. The summed E-state index contributed by atoms with van der Waals surface area (Å²) in [6.45, 7) is 3.98. The van der Waals surface area contributed by atoms with E-state index in [4.69, 9.17) is 5.26 Å².